The zero-order chi connectivity index (χ0) is 7.56. The lowest BCUT2D eigenvalue weighted by Gasteiger charge is -1.99. The third-order valence-electron chi connectivity index (χ3n) is 1.63. The van der Waals surface area contributed by atoms with E-state index in [1.807, 2.05) is 17.8 Å². The minimum atomic E-state index is 0.545. The van der Waals surface area contributed by atoms with Gasteiger partial charge in [0.25, 0.3) is 0 Å². The fraction of sp³-hybridized carbons (Fsp3) is 0.571. The molecule has 1 aromatic heterocycles. The van der Waals surface area contributed by atoms with Gasteiger partial charge in [0.1, 0.15) is 5.82 Å². The maximum absolute atomic E-state index is 5.64. The van der Waals surface area contributed by atoms with Crippen molar-refractivity contribution in [2.75, 3.05) is 0 Å². The number of aromatic nitrogens is 2. The van der Waals surface area contributed by atoms with Crippen LogP contribution in [-0.4, -0.2) is 9.55 Å². The molecule has 0 amide bonds. The van der Waals surface area contributed by atoms with Crippen molar-refractivity contribution in [3.05, 3.63) is 17.7 Å². The van der Waals surface area contributed by atoms with E-state index in [0.717, 1.165) is 17.9 Å². The van der Waals surface area contributed by atoms with Crippen molar-refractivity contribution in [2.24, 2.45) is 7.05 Å². The summed E-state index contributed by atoms with van der Waals surface area (Å²) in [6.45, 7) is 2.08. The lowest BCUT2D eigenvalue weighted by atomic mass is 10.4. The van der Waals surface area contributed by atoms with E-state index in [9.17, 15) is 0 Å². The molecule has 0 unspecified atom stereocenters. The van der Waals surface area contributed by atoms with Crippen LogP contribution >= 0.6 is 11.6 Å². The molecule has 0 aliphatic rings. The Hall–Kier alpha value is -0.500. The van der Waals surface area contributed by atoms with Gasteiger partial charge in [0, 0.05) is 19.7 Å². The Labute approximate surface area is 65.8 Å². The first-order valence-electron chi connectivity index (χ1n) is 3.35. The third kappa shape index (κ3) is 1.16. The molecule has 1 rings (SSSR count). The minimum Gasteiger partial charge on any atom is -0.334 e. The fourth-order valence-electron chi connectivity index (χ4n) is 0.941. The summed E-state index contributed by atoms with van der Waals surface area (Å²) in [7, 11) is 1.99. The van der Waals surface area contributed by atoms with Gasteiger partial charge in [-0.1, -0.05) is 6.92 Å². The number of aryl methyl sites for hydroxylation is 1. The summed E-state index contributed by atoms with van der Waals surface area (Å²) >= 11 is 5.64. The molecule has 0 aliphatic carbocycles. The lowest BCUT2D eigenvalue weighted by molar-refractivity contribution is 0.781. The Morgan fingerprint density at radius 1 is 1.70 bits per heavy atom. The molecule has 0 atom stereocenters. The molecule has 0 radical (unpaired) electrons. The Balaban J connectivity index is 2.97. The zero-order valence-corrected chi connectivity index (χ0v) is 7.02. The second kappa shape index (κ2) is 3.06. The molecule has 0 aliphatic heterocycles. The molecule has 56 valence electrons. The number of imidazole rings is 1. The predicted molar refractivity (Wildman–Crippen MR) is 42.1 cm³/mol. The van der Waals surface area contributed by atoms with Crippen LogP contribution in [-0.2, 0) is 19.3 Å². The molecule has 0 fully saturated rings. The van der Waals surface area contributed by atoms with Gasteiger partial charge >= 0.3 is 0 Å². The van der Waals surface area contributed by atoms with Crippen LogP contribution in [0, 0.1) is 0 Å². The summed E-state index contributed by atoms with van der Waals surface area (Å²) in [4.78, 5) is 4.18. The number of rotatable bonds is 2. The summed E-state index contributed by atoms with van der Waals surface area (Å²) in [6.07, 6.45) is 2.79. The van der Waals surface area contributed by atoms with Crippen molar-refractivity contribution in [1.82, 2.24) is 9.55 Å². The highest BCUT2D eigenvalue weighted by Gasteiger charge is 2.01. The molecular formula is C7H11ClN2. The Morgan fingerprint density at radius 3 is 2.70 bits per heavy atom. The van der Waals surface area contributed by atoms with E-state index >= 15 is 0 Å². The maximum Gasteiger partial charge on any atom is 0.108 e. The zero-order valence-electron chi connectivity index (χ0n) is 6.26. The van der Waals surface area contributed by atoms with Gasteiger partial charge in [-0.3, -0.25) is 0 Å². The summed E-state index contributed by atoms with van der Waals surface area (Å²) in [5.41, 5.74) is 1.08. The topological polar surface area (TPSA) is 17.8 Å². The average Bonchev–Trinajstić information content (AvgIpc) is 2.30. The maximum atomic E-state index is 5.64. The van der Waals surface area contributed by atoms with Crippen molar-refractivity contribution in [2.45, 2.75) is 19.2 Å². The first-order valence-corrected chi connectivity index (χ1v) is 3.88. The Bertz CT molecular complexity index is 196. The predicted octanol–water partition coefficient (Wildman–Crippen LogP) is 1.72. The molecule has 0 saturated carbocycles. The van der Waals surface area contributed by atoms with Gasteiger partial charge in [0.15, 0.2) is 0 Å². The van der Waals surface area contributed by atoms with Gasteiger partial charge in [0.05, 0.1) is 11.6 Å². The summed E-state index contributed by atoms with van der Waals surface area (Å²) in [5.74, 6) is 1.64. The molecular weight excluding hydrogens is 148 g/mol. The molecule has 0 saturated heterocycles. The van der Waals surface area contributed by atoms with E-state index < -0.39 is 0 Å². The first-order chi connectivity index (χ1) is 4.79. The molecule has 0 spiro atoms. The monoisotopic (exact) mass is 158 g/mol. The van der Waals surface area contributed by atoms with Gasteiger partial charge in [0.2, 0.25) is 0 Å². The van der Waals surface area contributed by atoms with Crippen molar-refractivity contribution >= 4 is 11.6 Å². The van der Waals surface area contributed by atoms with Crippen LogP contribution in [0.1, 0.15) is 18.4 Å². The molecule has 0 bridgehead atoms. The quantitative estimate of drug-likeness (QED) is 0.600. The second-order valence-corrected chi connectivity index (χ2v) is 2.48. The van der Waals surface area contributed by atoms with E-state index in [-0.39, 0.29) is 0 Å². The van der Waals surface area contributed by atoms with Crippen LogP contribution in [0.5, 0.6) is 0 Å². The summed E-state index contributed by atoms with van der Waals surface area (Å²) < 4.78 is 2.03. The van der Waals surface area contributed by atoms with Crippen molar-refractivity contribution in [3.63, 3.8) is 0 Å². The van der Waals surface area contributed by atoms with Crippen LogP contribution in [0.2, 0.25) is 0 Å². The van der Waals surface area contributed by atoms with Crippen LogP contribution in [0.4, 0.5) is 0 Å². The Morgan fingerprint density at radius 2 is 2.40 bits per heavy atom. The minimum absolute atomic E-state index is 0.545. The van der Waals surface area contributed by atoms with Crippen LogP contribution in [0.25, 0.3) is 0 Å². The highest BCUT2D eigenvalue weighted by molar-refractivity contribution is 6.16. The number of hydrogen-bond acceptors (Lipinski definition) is 1. The Kier molecular flexibility index (Phi) is 2.33. The van der Waals surface area contributed by atoms with E-state index in [2.05, 4.69) is 11.9 Å². The van der Waals surface area contributed by atoms with Crippen molar-refractivity contribution in [3.8, 4) is 0 Å². The molecule has 1 heterocycles. The molecule has 10 heavy (non-hydrogen) atoms. The third-order valence-corrected chi connectivity index (χ3v) is 1.91. The van der Waals surface area contributed by atoms with Crippen LogP contribution in [0.15, 0.2) is 6.20 Å². The first kappa shape index (κ1) is 7.61. The van der Waals surface area contributed by atoms with Crippen LogP contribution < -0.4 is 0 Å². The van der Waals surface area contributed by atoms with E-state index in [1.165, 1.54) is 0 Å². The van der Waals surface area contributed by atoms with Gasteiger partial charge in [-0.25, -0.2) is 4.98 Å². The van der Waals surface area contributed by atoms with Crippen molar-refractivity contribution in [1.29, 1.82) is 0 Å². The van der Waals surface area contributed by atoms with E-state index in [0.29, 0.717) is 5.88 Å². The second-order valence-electron chi connectivity index (χ2n) is 2.21. The largest absolute Gasteiger partial charge is 0.334 e. The highest BCUT2D eigenvalue weighted by atomic mass is 35.5. The summed E-state index contributed by atoms with van der Waals surface area (Å²) in [6, 6.07) is 0. The molecule has 2 nitrogen and oxygen atoms in total. The smallest absolute Gasteiger partial charge is 0.108 e. The van der Waals surface area contributed by atoms with E-state index in [1.54, 1.807) is 0 Å². The highest BCUT2D eigenvalue weighted by Crippen LogP contribution is 2.05. The summed E-state index contributed by atoms with van der Waals surface area (Å²) in [5, 5.41) is 0. The SMILES string of the molecule is CCc1ncc(CCl)n1C. The van der Waals surface area contributed by atoms with Gasteiger partial charge in [-0.2, -0.15) is 0 Å². The number of hydrogen-bond donors (Lipinski definition) is 0. The number of alkyl halides is 1. The molecule has 0 N–H and O–H groups in total. The fourth-order valence-corrected chi connectivity index (χ4v) is 1.19. The average molecular weight is 159 g/mol. The van der Waals surface area contributed by atoms with Gasteiger partial charge in [-0.05, 0) is 0 Å². The standard InChI is InChI=1S/C7H11ClN2/c1-3-7-9-5-6(4-8)10(7)2/h5H,3-4H2,1-2H3. The number of halogens is 1. The van der Waals surface area contributed by atoms with E-state index in [4.69, 9.17) is 11.6 Å². The van der Waals surface area contributed by atoms with Crippen LogP contribution in [0.3, 0.4) is 0 Å². The lowest BCUT2D eigenvalue weighted by Crippen LogP contribution is -1.98. The molecule has 3 heteroatoms. The number of nitrogens with zero attached hydrogens (tertiary/aromatic N) is 2. The van der Waals surface area contributed by atoms with Gasteiger partial charge < -0.3 is 4.57 Å². The molecule has 1 aromatic rings. The van der Waals surface area contributed by atoms with Crippen molar-refractivity contribution < 1.29 is 0 Å². The molecule has 0 aromatic carbocycles. The normalized spacial score (nSPS) is 10.3. The van der Waals surface area contributed by atoms with Gasteiger partial charge in [-0.15, -0.1) is 11.6 Å².